The summed E-state index contributed by atoms with van der Waals surface area (Å²) in [6.07, 6.45) is 1.67. The van der Waals surface area contributed by atoms with E-state index in [0.29, 0.717) is 52.2 Å². The van der Waals surface area contributed by atoms with E-state index in [1.165, 1.54) is 23.0 Å². The molecule has 1 atom stereocenters. The van der Waals surface area contributed by atoms with Gasteiger partial charge >= 0.3 is 5.97 Å². The smallest absolute Gasteiger partial charge is 0.338 e. The Labute approximate surface area is 250 Å². The third-order valence-electron chi connectivity index (χ3n) is 6.19. The van der Waals surface area contributed by atoms with Crippen LogP contribution in [0.4, 0.5) is 0 Å². The number of phenols is 1. The first-order valence-electron chi connectivity index (χ1n) is 11.9. The highest BCUT2D eigenvalue weighted by Gasteiger charge is 2.35. The highest BCUT2D eigenvalue weighted by Crippen LogP contribution is 2.37. The molecule has 0 bridgehead atoms. The largest absolute Gasteiger partial charge is 0.503 e. The average Bonchev–Trinajstić information content (AvgIpc) is 3.52. The number of fused-ring (bicyclic) bond motifs is 1. The Balaban J connectivity index is 1.69. The Kier molecular flexibility index (Phi) is 7.96. The number of furan rings is 1. The average molecular weight is 664 g/mol. The van der Waals surface area contributed by atoms with Gasteiger partial charge in [0.25, 0.3) is 5.56 Å². The van der Waals surface area contributed by atoms with E-state index < -0.39 is 12.0 Å². The third-order valence-corrected chi connectivity index (χ3v) is 8.51. The molecule has 8 nitrogen and oxygen atoms in total. The first-order valence-corrected chi connectivity index (χ1v) is 14.3. The zero-order chi connectivity index (χ0) is 28.7. The van der Waals surface area contributed by atoms with Crippen molar-refractivity contribution in [2.24, 2.45) is 4.99 Å². The molecule has 1 N–H and O–H groups in total. The first kappa shape index (κ1) is 28.2. The SMILES string of the molecule is CCOC(=O)C1=C(C)N=c2s/c(=C\c3cc(Br)c(O)c(OC)c3)c(=O)n2[C@H]1c1ccc(-c2ccc(Cl)c(Cl)c2)o1. The lowest BCUT2D eigenvalue weighted by Crippen LogP contribution is -2.39. The van der Waals surface area contributed by atoms with Crippen molar-refractivity contribution in [3.05, 3.63) is 99.3 Å². The van der Waals surface area contributed by atoms with E-state index in [4.69, 9.17) is 37.1 Å². The van der Waals surface area contributed by atoms with Crippen molar-refractivity contribution in [2.75, 3.05) is 13.7 Å². The summed E-state index contributed by atoms with van der Waals surface area (Å²) in [5, 5.41) is 10.9. The highest BCUT2D eigenvalue weighted by atomic mass is 79.9. The van der Waals surface area contributed by atoms with Gasteiger partial charge in [-0.2, -0.15) is 0 Å². The molecule has 0 radical (unpaired) electrons. The van der Waals surface area contributed by atoms with Crippen LogP contribution in [0, 0.1) is 0 Å². The summed E-state index contributed by atoms with van der Waals surface area (Å²) in [4.78, 5) is 31.9. The summed E-state index contributed by atoms with van der Waals surface area (Å²) >= 11 is 16.7. The second kappa shape index (κ2) is 11.3. The van der Waals surface area contributed by atoms with Crippen LogP contribution in [-0.2, 0) is 9.53 Å². The number of esters is 1. The van der Waals surface area contributed by atoms with Crippen LogP contribution in [0.2, 0.25) is 10.0 Å². The minimum atomic E-state index is -0.921. The van der Waals surface area contributed by atoms with E-state index in [-0.39, 0.29) is 29.2 Å². The molecule has 206 valence electrons. The van der Waals surface area contributed by atoms with E-state index in [9.17, 15) is 14.7 Å². The molecule has 0 amide bonds. The van der Waals surface area contributed by atoms with Gasteiger partial charge in [-0.3, -0.25) is 9.36 Å². The minimum absolute atomic E-state index is 0.0496. The molecule has 0 saturated heterocycles. The Bertz CT molecular complexity index is 1870. The Morgan fingerprint density at radius 2 is 2.00 bits per heavy atom. The van der Waals surface area contributed by atoms with Gasteiger partial charge in [0.05, 0.1) is 44.0 Å². The van der Waals surface area contributed by atoms with E-state index in [1.807, 2.05) is 0 Å². The highest BCUT2D eigenvalue weighted by molar-refractivity contribution is 9.10. The van der Waals surface area contributed by atoms with Crippen molar-refractivity contribution in [1.82, 2.24) is 4.57 Å². The number of nitrogens with zero attached hydrogens (tertiary/aromatic N) is 2. The number of allylic oxidation sites excluding steroid dienone is 1. The summed E-state index contributed by atoms with van der Waals surface area (Å²) in [5.41, 5.74) is 1.53. The number of hydrogen-bond acceptors (Lipinski definition) is 8. The van der Waals surface area contributed by atoms with Crippen LogP contribution >= 0.6 is 50.5 Å². The van der Waals surface area contributed by atoms with Crippen molar-refractivity contribution in [3.63, 3.8) is 0 Å². The molecular weight excluding hydrogens is 643 g/mol. The number of aromatic nitrogens is 1. The lowest BCUT2D eigenvalue weighted by molar-refractivity contribution is -0.139. The van der Waals surface area contributed by atoms with Crippen LogP contribution in [0.15, 0.2) is 72.4 Å². The van der Waals surface area contributed by atoms with Crippen molar-refractivity contribution >= 4 is 62.5 Å². The molecule has 12 heteroatoms. The number of carbonyl (C=O) groups excluding carboxylic acids is 1. The van der Waals surface area contributed by atoms with Gasteiger partial charge in [0.1, 0.15) is 17.6 Å². The number of carbonyl (C=O) groups is 1. The predicted octanol–water partition coefficient (Wildman–Crippen LogP) is 5.84. The summed E-state index contributed by atoms with van der Waals surface area (Å²) in [5.74, 6) is 0.431. The number of hydrogen-bond donors (Lipinski definition) is 1. The summed E-state index contributed by atoms with van der Waals surface area (Å²) < 4.78 is 19.0. The lowest BCUT2D eigenvalue weighted by atomic mass is 10.0. The molecular formula is C28H21BrCl2N2O6S. The summed E-state index contributed by atoms with van der Waals surface area (Å²) in [7, 11) is 1.44. The van der Waals surface area contributed by atoms with Crippen LogP contribution < -0.4 is 19.6 Å². The molecule has 3 heterocycles. The van der Waals surface area contributed by atoms with Gasteiger partial charge in [-0.25, -0.2) is 9.79 Å². The molecule has 2 aromatic heterocycles. The molecule has 0 unspecified atom stereocenters. The molecule has 40 heavy (non-hydrogen) atoms. The Hall–Kier alpha value is -3.31. The van der Waals surface area contributed by atoms with Gasteiger partial charge in [0, 0.05) is 5.56 Å². The standard InChI is InChI=1S/C28H21BrCl2N2O6S/c1-4-38-27(36)23-13(2)32-28-33(24(23)20-8-7-19(39-20)15-5-6-17(30)18(31)12-15)26(35)22(40-28)11-14-9-16(29)25(34)21(10-14)37-3/h5-12,24,34H,4H2,1-3H3/b22-11-/t24-/m0/s1. The summed E-state index contributed by atoms with van der Waals surface area (Å²) in [6.45, 7) is 3.55. The van der Waals surface area contributed by atoms with Gasteiger partial charge in [0.2, 0.25) is 0 Å². The predicted molar refractivity (Wildman–Crippen MR) is 157 cm³/mol. The van der Waals surface area contributed by atoms with Gasteiger partial charge in [-0.1, -0.05) is 34.5 Å². The van der Waals surface area contributed by atoms with Gasteiger partial charge in [-0.15, -0.1) is 0 Å². The number of ether oxygens (including phenoxy) is 2. The van der Waals surface area contributed by atoms with Crippen molar-refractivity contribution in [3.8, 4) is 22.8 Å². The molecule has 0 fully saturated rings. The third kappa shape index (κ3) is 5.12. The summed E-state index contributed by atoms with van der Waals surface area (Å²) in [6, 6.07) is 10.9. The molecule has 0 aliphatic carbocycles. The normalized spacial score (nSPS) is 15.2. The van der Waals surface area contributed by atoms with Crippen LogP contribution in [0.1, 0.15) is 31.2 Å². The van der Waals surface area contributed by atoms with Gasteiger partial charge < -0.3 is 19.0 Å². The van der Waals surface area contributed by atoms with Crippen molar-refractivity contribution < 1.29 is 23.8 Å². The van der Waals surface area contributed by atoms with E-state index in [1.54, 1.807) is 62.4 Å². The zero-order valence-electron chi connectivity index (χ0n) is 21.3. The maximum Gasteiger partial charge on any atom is 0.338 e. The Morgan fingerprint density at radius 3 is 2.70 bits per heavy atom. The molecule has 5 rings (SSSR count). The number of halogens is 3. The fourth-order valence-corrected chi connectivity index (χ4v) is 6.15. The monoisotopic (exact) mass is 662 g/mol. The Morgan fingerprint density at radius 1 is 1.23 bits per heavy atom. The molecule has 4 aromatic rings. The quantitative estimate of drug-likeness (QED) is 0.260. The number of thiazole rings is 1. The number of phenolic OH excluding ortho intramolecular Hbond substituents is 1. The minimum Gasteiger partial charge on any atom is -0.503 e. The fourth-order valence-electron chi connectivity index (χ4n) is 4.35. The molecule has 1 aliphatic heterocycles. The number of methoxy groups -OCH3 is 1. The van der Waals surface area contributed by atoms with Crippen LogP contribution in [0.3, 0.4) is 0 Å². The van der Waals surface area contributed by atoms with Gasteiger partial charge in [-0.05, 0) is 83.9 Å². The molecule has 0 saturated carbocycles. The topological polar surface area (TPSA) is 103 Å². The second-order valence-corrected chi connectivity index (χ2v) is 11.4. The lowest BCUT2D eigenvalue weighted by Gasteiger charge is -2.22. The van der Waals surface area contributed by atoms with E-state index in [0.717, 1.165) is 0 Å². The maximum absolute atomic E-state index is 13.8. The fraction of sp³-hybridized carbons (Fsp3) is 0.179. The van der Waals surface area contributed by atoms with Crippen molar-refractivity contribution in [1.29, 1.82) is 0 Å². The molecule has 0 spiro atoms. The molecule has 2 aromatic carbocycles. The van der Waals surface area contributed by atoms with E-state index in [2.05, 4.69) is 20.9 Å². The molecule has 1 aliphatic rings. The van der Waals surface area contributed by atoms with Crippen LogP contribution in [0.25, 0.3) is 17.4 Å². The number of benzene rings is 2. The first-order chi connectivity index (χ1) is 19.1. The number of aromatic hydroxyl groups is 1. The zero-order valence-corrected chi connectivity index (χ0v) is 25.2. The second-order valence-electron chi connectivity index (χ2n) is 8.69. The maximum atomic E-state index is 13.8. The van der Waals surface area contributed by atoms with Crippen LogP contribution in [-0.4, -0.2) is 29.4 Å². The van der Waals surface area contributed by atoms with Crippen LogP contribution in [0.5, 0.6) is 11.5 Å². The van der Waals surface area contributed by atoms with E-state index >= 15 is 0 Å². The van der Waals surface area contributed by atoms with Gasteiger partial charge in [0.15, 0.2) is 16.3 Å². The number of rotatable bonds is 6. The van der Waals surface area contributed by atoms with Crippen molar-refractivity contribution in [2.45, 2.75) is 19.9 Å².